The number of aromatic amines is 1. The van der Waals surface area contributed by atoms with Crippen LogP contribution in [0.2, 0.25) is 0 Å². The fourth-order valence-corrected chi connectivity index (χ4v) is 3.15. The van der Waals surface area contributed by atoms with Crippen molar-refractivity contribution in [2.45, 2.75) is 19.5 Å². The number of carbonyl (C=O) groups excluding carboxylic acids is 1. The molecule has 1 atom stereocenters. The van der Waals surface area contributed by atoms with Gasteiger partial charge in [-0.2, -0.15) is 5.10 Å². The number of hydrogen-bond acceptors (Lipinski definition) is 4. The molecule has 0 aliphatic heterocycles. The summed E-state index contributed by atoms with van der Waals surface area (Å²) in [5, 5.41) is 8.21. The number of nitrogens with one attached hydrogen (secondary N) is 2. The van der Waals surface area contributed by atoms with Crippen LogP contribution in [-0.2, 0) is 6.54 Å². The molecule has 0 spiro atoms. The van der Waals surface area contributed by atoms with Crippen molar-refractivity contribution in [3.63, 3.8) is 0 Å². The summed E-state index contributed by atoms with van der Waals surface area (Å²) in [4.78, 5) is 20.1. The van der Waals surface area contributed by atoms with Gasteiger partial charge in [0.25, 0.3) is 5.91 Å². The van der Waals surface area contributed by atoms with Crippen LogP contribution in [-0.4, -0.2) is 32.3 Å². The Balaban J connectivity index is 1.57. The van der Waals surface area contributed by atoms with E-state index >= 15 is 0 Å². The van der Waals surface area contributed by atoms with Gasteiger partial charge in [-0.05, 0) is 30.7 Å². The average Bonchev–Trinajstić information content (AvgIpc) is 3.37. The van der Waals surface area contributed by atoms with E-state index in [2.05, 4.69) is 20.4 Å². The van der Waals surface area contributed by atoms with Gasteiger partial charge in [-0.25, -0.2) is 4.98 Å². The van der Waals surface area contributed by atoms with Gasteiger partial charge in [0.15, 0.2) is 0 Å². The maximum Gasteiger partial charge on any atom is 0.268 e. The lowest BCUT2D eigenvalue weighted by molar-refractivity contribution is 0.0927. The predicted molar refractivity (Wildman–Crippen MR) is 106 cm³/mol. The first-order valence-electron chi connectivity index (χ1n) is 9.16. The molecule has 0 saturated carbocycles. The zero-order chi connectivity index (χ0) is 19.3. The van der Waals surface area contributed by atoms with E-state index in [0.29, 0.717) is 18.8 Å². The molecule has 4 aromatic rings. The monoisotopic (exact) mass is 375 g/mol. The molecule has 4 rings (SSSR count). The van der Waals surface area contributed by atoms with Gasteiger partial charge in [0.2, 0.25) is 0 Å². The summed E-state index contributed by atoms with van der Waals surface area (Å²) >= 11 is 0. The third-order valence-corrected chi connectivity index (χ3v) is 4.49. The van der Waals surface area contributed by atoms with Crippen LogP contribution in [0.15, 0.2) is 67.3 Å². The number of carbonyl (C=O) groups is 1. The van der Waals surface area contributed by atoms with Crippen molar-refractivity contribution in [3.8, 4) is 5.75 Å². The Bertz CT molecular complexity index is 1060. The van der Waals surface area contributed by atoms with Gasteiger partial charge in [0, 0.05) is 17.0 Å². The SMILES string of the molecule is CCOc1ccc2cc(C(=O)NC(Cn3cncn3)c3ccccc3)[nH]c2c1. The molecular weight excluding hydrogens is 354 g/mol. The molecule has 1 amide bonds. The number of amides is 1. The highest BCUT2D eigenvalue weighted by Gasteiger charge is 2.18. The van der Waals surface area contributed by atoms with Crippen LogP contribution in [0.5, 0.6) is 5.75 Å². The van der Waals surface area contributed by atoms with Crippen molar-refractivity contribution in [1.29, 1.82) is 0 Å². The fourth-order valence-electron chi connectivity index (χ4n) is 3.15. The van der Waals surface area contributed by atoms with Crippen molar-refractivity contribution < 1.29 is 9.53 Å². The van der Waals surface area contributed by atoms with E-state index in [4.69, 9.17) is 4.74 Å². The Labute approximate surface area is 162 Å². The van der Waals surface area contributed by atoms with Gasteiger partial charge in [-0.3, -0.25) is 9.48 Å². The molecule has 2 heterocycles. The number of nitrogens with zero attached hydrogens (tertiary/aromatic N) is 3. The van der Waals surface area contributed by atoms with Crippen LogP contribution < -0.4 is 10.1 Å². The molecule has 0 radical (unpaired) electrons. The summed E-state index contributed by atoms with van der Waals surface area (Å²) in [6.45, 7) is 3.03. The fraction of sp³-hybridized carbons (Fsp3) is 0.190. The van der Waals surface area contributed by atoms with Crippen LogP contribution >= 0.6 is 0 Å². The van der Waals surface area contributed by atoms with Crippen molar-refractivity contribution in [1.82, 2.24) is 25.1 Å². The van der Waals surface area contributed by atoms with Crippen molar-refractivity contribution in [3.05, 3.63) is 78.5 Å². The Morgan fingerprint density at radius 2 is 2.07 bits per heavy atom. The first-order chi connectivity index (χ1) is 13.7. The third-order valence-electron chi connectivity index (χ3n) is 4.49. The summed E-state index contributed by atoms with van der Waals surface area (Å²) < 4.78 is 7.23. The molecule has 28 heavy (non-hydrogen) atoms. The number of H-pyrrole nitrogens is 1. The normalized spacial score (nSPS) is 12.0. The molecule has 2 N–H and O–H groups in total. The minimum absolute atomic E-state index is 0.178. The molecule has 0 aliphatic carbocycles. The Morgan fingerprint density at radius 1 is 1.21 bits per heavy atom. The standard InChI is InChI=1S/C21H21N5O2/c1-2-28-17-9-8-16-10-19(24-18(16)11-17)21(27)25-20(12-26-14-22-13-23-26)15-6-4-3-5-7-15/h3-11,13-14,20,24H,2,12H2,1H3,(H,25,27). The molecule has 0 saturated heterocycles. The molecular formula is C21H21N5O2. The molecule has 142 valence electrons. The molecule has 0 aliphatic rings. The molecule has 7 nitrogen and oxygen atoms in total. The van der Waals surface area contributed by atoms with Crippen LogP contribution in [0.4, 0.5) is 0 Å². The lowest BCUT2D eigenvalue weighted by Gasteiger charge is -2.18. The first kappa shape index (κ1) is 17.8. The summed E-state index contributed by atoms with van der Waals surface area (Å²) in [5.41, 5.74) is 2.37. The largest absolute Gasteiger partial charge is 0.494 e. The van der Waals surface area contributed by atoms with E-state index in [-0.39, 0.29) is 11.9 Å². The zero-order valence-corrected chi connectivity index (χ0v) is 15.5. The van der Waals surface area contributed by atoms with Gasteiger partial charge in [-0.15, -0.1) is 0 Å². The predicted octanol–water partition coefficient (Wildman–Crippen LogP) is 3.33. The van der Waals surface area contributed by atoms with Crippen LogP contribution in [0, 0.1) is 0 Å². The molecule has 7 heteroatoms. The third kappa shape index (κ3) is 3.88. The number of benzene rings is 2. The molecule has 0 bridgehead atoms. The molecule has 2 aromatic carbocycles. The van der Waals surface area contributed by atoms with Crippen LogP contribution in [0.3, 0.4) is 0 Å². The van der Waals surface area contributed by atoms with Gasteiger partial charge in [0.1, 0.15) is 24.1 Å². The van der Waals surface area contributed by atoms with E-state index < -0.39 is 0 Å². The van der Waals surface area contributed by atoms with Crippen LogP contribution in [0.1, 0.15) is 29.0 Å². The van der Waals surface area contributed by atoms with Crippen molar-refractivity contribution >= 4 is 16.8 Å². The van der Waals surface area contributed by atoms with E-state index in [1.54, 1.807) is 11.0 Å². The topological polar surface area (TPSA) is 84.8 Å². The highest BCUT2D eigenvalue weighted by molar-refractivity contribution is 5.98. The second kappa shape index (κ2) is 7.96. The Morgan fingerprint density at radius 3 is 2.82 bits per heavy atom. The number of fused-ring (bicyclic) bond motifs is 1. The lowest BCUT2D eigenvalue weighted by Crippen LogP contribution is -2.31. The average molecular weight is 375 g/mol. The van der Waals surface area contributed by atoms with Crippen LogP contribution in [0.25, 0.3) is 10.9 Å². The summed E-state index contributed by atoms with van der Waals surface area (Å²) in [6, 6.07) is 17.2. The van der Waals surface area contributed by atoms with Crippen molar-refractivity contribution in [2.75, 3.05) is 6.61 Å². The number of ether oxygens (including phenoxy) is 1. The highest BCUT2D eigenvalue weighted by Crippen LogP contribution is 2.22. The van der Waals surface area contributed by atoms with Crippen molar-refractivity contribution in [2.24, 2.45) is 0 Å². The first-order valence-corrected chi connectivity index (χ1v) is 9.16. The van der Waals surface area contributed by atoms with Gasteiger partial charge < -0.3 is 15.0 Å². The second-order valence-corrected chi connectivity index (χ2v) is 6.42. The number of hydrogen-bond donors (Lipinski definition) is 2. The summed E-state index contributed by atoms with van der Waals surface area (Å²) in [6.07, 6.45) is 3.12. The van der Waals surface area contributed by atoms with Gasteiger partial charge in [0.05, 0.1) is 19.2 Å². The van der Waals surface area contributed by atoms with E-state index in [9.17, 15) is 4.79 Å². The summed E-state index contributed by atoms with van der Waals surface area (Å²) in [5.74, 6) is 0.597. The van der Waals surface area contributed by atoms with E-state index in [0.717, 1.165) is 22.2 Å². The minimum atomic E-state index is -0.235. The number of aromatic nitrogens is 4. The zero-order valence-electron chi connectivity index (χ0n) is 15.5. The van der Waals surface area contributed by atoms with Gasteiger partial charge in [-0.1, -0.05) is 30.3 Å². The number of rotatable bonds is 7. The minimum Gasteiger partial charge on any atom is -0.494 e. The quantitative estimate of drug-likeness (QED) is 0.519. The smallest absolute Gasteiger partial charge is 0.268 e. The lowest BCUT2D eigenvalue weighted by atomic mass is 10.1. The van der Waals surface area contributed by atoms with E-state index in [1.807, 2.05) is 61.5 Å². The molecule has 2 aromatic heterocycles. The van der Waals surface area contributed by atoms with Gasteiger partial charge >= 0.3 is 0 Å². The maximum atomic E-state index is 12.9. The maximum absolute atomic E-state index is 12.9. The highest BCUT2D eigenvalue weighted by atomic mass is 16.5. The second-order valence-electron chi connectivity index (χ2n) is 6.42. The molecule has 0 fully saturated rings. The Kier molecular flexibility index (Phi) is 5.05. The Hall–Kier alpha value is -3.61. The summed E-state index contributed by atoms with van der Waals surface area (Å²) in [7, 11) is 0. The van der Waals surface area contributed by atoms with E-state index in [1.165, 1.54) is 6.33 Å². The molecule has 1 unspecified atom stereocenters.